The van der Waals surface area contributed by atoms with E-state index in [1.54, 1.807) is 0 Å². The summed E-state index contributed by atoms with van der Waals surface area (Å²) in [7, 11) is 2.00. The van der Waals surface area contributed by atoms with Gasteiger partial charge in [-0.25, -0.2) is 4.99 Å². The van der Waals surface area contributed by atoms with Crippen LogP contribution in [0.1, 0.15) is 44.8 Å². The molecule has 1 unspecified atom stereocenters. The number of morpholine rings is 1. The minimum Gasteiger partial charge on any atom is -0.379 e. The molecular formula is C21H40IN7O. The first-order valence-corrected chi connectivity index (χ1v) is 11.2. The quantitative estimate of drug-likeness (QED) is 0.239. The summed E-state index contributed by atoms with van der Waals surface area (Å²) in [5.74, 6) is 4.39. The van der Waals surface area contributed by atoms with Crippen LogP contribution in [0.4, 0.5) is 0 Å². The number of ether oxygens (including phenoxy) is 1. The predicted molar refractivity (Wildman–Crippen MR) is 131 cm³/mol. The van der Waals surface area contributed by atoms with Crippen LogP contribution in [0, 0.1) is 18.8 Å². The second-order valence-electron chi connectivity index (χ2n) is 8.83. The van der Waals surface area contributed by atoms with Gasteiger partial charge in [0.05, 0.1) is 13.2 Å². The van der Waals surface area contributed by atoms with Crippen molar-refractivity contribution in [3.63, 3.8) is 0 Å². The average Bonchev–Trinajstić information content (AvgIpc) is 3.29. The van der Waals surface area contributed by atoms with Crippen molar-refractivity contribution in [1.29, 1.82) is 0 Å². The van der Waals surface area contributed by atoms with Gasteiger partial charge in [-0.3, -0.25) is 4.90 Å². The maximum absolute atomic E-state index is 5.44. The Morgan fingerprint density at radius 3 is 2.67 bits per heavy atom. The van der Waals surface area contributed by atoms with Crippen LogP contribution in [-0.2, 0) is 18.3 Å². The van der Waals surface area contributed by atoms with Crippen LogP contribution in [0.2, 0.25) is 0 Å². The van der Waals surface area contributed by atoms with Crippen LogP contribution >= 0.6 is 24.0 Å². The highest BCUT2D eigenvalue weighted by atomic mass is 127. The molecule has 172 valence electrons. The van der Waals surface area contributed by atoms with Crippen molar-refractivity contribution in [3.8, 4) is 0 Å². The van der Waals surface area contributed by atoms with E-state index in [-0.39, 0.29) is 24.0 Å². The van der Waals surface area contributed by atoms with Gasteiger partial charge in [0, 0.05) is 39.8 Å². The highest BCUT2D eigenvalue weighted by Crippen LogP contribution is 2.23. The summed E-state index contributed by atoms with van der Waals surface area (Å²) in [6.45, 7) is 15.2. The lowest BCUT2D eigenvalue weighted by atomic mass is 9.97. The van der Waals surface area contributed by atoms with Gasteiger partial charge >= 0.3 is 0 Å². The third-order valence-corrected chi connectivity index (χ3v) is 5.98. The van der Waals surface area contributed by atoms with Gasteiger partial charge < -0.3 is 19.5 Å². The first kappa shape index (κ1) is 25.3. The molecule has 0 amide bonds. The van der Waals surface area contributed by atoms with E-state index in [0.29, 0.717) is 6.54 Å². The van der Waals surface area contributed by atoms with Crippen LogP contribution in [0.3, 0.4) is 0 Å². The summed E-state index contributed by atoms with van der Waals surface area (Å²) in [4.78, 5) is 9.84. The van der Waals surface area contributed by atoms with Crippen molar-refractivity contribution in [2.75, 3.05) is 52.5 Å². The molecule has 2 aliphatic heterocycles. The Hall–Kier alpha value is -0.940. The number of aryl methyl sites for hydroxylation is 1. The highest BCUT2D eigenvalue weighted by Gasteiger charge is 2.25. The molecule has 0 bridgehead atoms. The molecule has 2 fully saturated rings. The van der Waals surface area contributed by atoms with E-state index < -0.39 is 0 Å². The third kappa shape index (κ3) is 7.64. The number of rotatable bonds is 8. The van der Waals surface area contributed by atoms with Crippen molar-refractivity contribution >= 4 is 29.9 Å². The zero-order valence-corrected chi connectivity index (χ0v) is 21.5. The summed E-state index contributed by atoms with van der Waals surface area (Å²) in [6.07, 6.45) is 3.67. The van der Waals surface area contributed by atoms with Gasteiger partial charge in [-0.2, -0.15) is 0 Å². The second kappa shape index (κ2) is 12.8. The van der Waals surface area contributed by atoms with Crippen LogP contribution < -0.4 is 5.32 Å². The molecule has 1 atom stereocenters. The van der Waals surface area contributed by atoms with Crippen molar-refractivity contribution in [1.82, 2.24) is 29.9 Å². The molecule has 1 aromatic rings. The van der Waals surface area contributed by atoms with Crippen molar-refractivity contribution < 1.29 is 4.74 Å². The lowest BCUT2D eigenvalue weighted by molar-refractivity contribution is 0.0375. The summed E-state index contributed by atoms with van der Waals surface area (Å²) in [5, 5.41) is 12.1. The molecule has 0 aromatic carbocycles. The average molecular weight is 534 g/mol. The van der Waals surface area contributed by atoms with Gasteiger partial charge in [0.15, 0.2) is 11.8 Å². The molecule has 0 saturated carbocycles. The van der Waals surface area contributed by atoms with Gasteiger partial charge in [-0.05, 0) is 44.6 Å². The number of aliphatic imine (C=N–C) groups is 1. The Kier molecular flexibility index (Phi) is 10.8. The Balaban J connectivity index is 0.00000320. The summed E-state index contributed by atoms with van der Waals surface area (Å²) in [5.41, 5.74) is 0. The maximum Gasteiger partial charge on any atom is 0.194 e. The molecule has 3 heterocycles. The van der Waals surface area contributed by atoms with E-state index in [1.165, 1.54) is 12.8 Å². The fourth-order valence-corrected chi connectivity index (χ4v) is 4.21. The monoisotopic (exact) mass is 533 g/mol. The SMILES string of the molecule is Cc1nnc(CN=C(NCCCN2CCOCC2)N2CCC(CC(C)C)C2)n1C.I. The minimum absolute atomic E-state index is 0. The van der Waals surface area contributed by atoms with Gasteiger partial charge in [0.2, 0.25) is 0 Å². The van der Waals surface area contributed by atoms with E-state index in [2.05, 4.69) is 39.2 Å². The molecule has 30 heavy (non-hydrogen) atoms. The van der Waals surface area contributed by atoms with Gasteiger partial charge in [-0.15, -0.1) is 34.2 Å². The summed E-state index contributed by atoms with van der Waals surface area (Å²) < 4.78 is 7.46. The standard InChI is InChI=1S/C21H39N7O.HI/c1-17(2)14-19-6-9-28(16-19)21(23-15-20-25-24-18(3)26(20)4)22-7-5-8-27-10-12-29-13-11-27;/h17,19H,5-16H2,1-4H3,(H,22,23);1H. The largest absolute Gasteiger partial charge is 0.379 e. The highest BCUT2D eigenvalue weighted by molar-refractivity contribution is 14.0. The minimum atomic E-state index is 0. The lowest BCUT2D eigenvalue weighted by Crippen LogP contribution is -2.42. The molecule has 8 nitrogen and oxygen atoms in total. The normalized spacial score (nSPS) is 20.6. The molecule has 2 saturated heterocycles. The van der Waals surface area contributed by atoms with Crippen molar-refractivity contribution in [2.24, 2.45) is 23.9 Å². The zero-order valence-electron chi connectivity index (χ0n) is 19.1. The maximum atomic E-state index is 5.44. The van der Waals surface area contributed by atoms with E-state index in [9.17, 15) is 0 Å². The fourth-order valence-electron chi connectivity index (χ4n) is 4.21. The molecule has 3 rings (SSSR count). The van der Waals surface area contributed by atoms with Gasteiger partial charge in [0.1, 0.15) is 12.4 Å². The zero-order chi connectivity index (χ0) is 20.6. The number of aromatic nitrogens is 3. The van der Waals surface area contributed by atoms with Crippen LogP contribution in [-0.4, -0.2) is 83.0 Å². The van der Waals surface area contributed by atoms with Gasteiger partial charge in [0.25, 0.3) is 0 Å². The summed E-state index contributed by atoms with van der Waals surface area (Å²) >= 11 is 0. The number of likely N-dealkylation sites (tertiary alicyclic amines) is 1. The number of nitrogens with one attached hydrogen (secondary N) is 1. The Labute approximate surface area is 198 Å². The van der Waals surface area contributed by atoms with E-state index in [0.717, 1.165) is 88.3 Å². The molecule has 1 N–H and O–H groups in total. The van der Waals surface area contributed by atoms with Crippen LogP contribution in [0.25, 0.3) is 0 Å². The summed E-state index contributed by atoms with van der Waals surface area (Å²) in [6, 6.07) is 0. The van der Waals surface area contributed by atoms with Crippen molar-refractivity contribution in [2.45, 2.75) is 46.6 Å². The number of halogens is 1. The van der Waals surface area contributed by atoms with Crippen molar-refractivity contribution in [3.05, 3.63) is 11.6 Å². The molecule has 0 aliphatic carbocycles. The first-order chi connectivity index (χ1) is 14.0. The van der Waals surface area contributed by atoms with E-state index in [4.69, 9.17) is 9.73 Å². The number of guanidine groups is 1. The van der Waals surface area contributed by atoms with E-state index >= 15 is 0 Å². The molecule has 0 spiro atoms. The first-order valence-electron chi connectivity index (χ1n) is 11.2. The van der Waals surface area contributed by atoms with Crippen LogP contribution in [0.15, 0.2) is 4.99 Å². The van der Waals surface area contributed by atoms with E-state index in [1.807, 2.05) is 18.5 Å². The number of nitrogens with zero attached hydrogens (tertiary/aromatic N) is 6. The Bertz CT molecular complexity index is 658. The Morgan fingerprint density at radius 1 is 1.23 bits per heavy atom. The fraction of sp³-hybridized carbons (Fsp3) is 0.857. The molecule has 1 aromatic heterocycles. The molecule has 0 radical (unpaired) electrons. The topological polar surface area (TPSA) is 70.8 Å². The molecule has 2 aliphatic rings. The van der Waals surface area contributed by atoms with Crippen LogP contribution in [0.5, 0.6) is 0 Å². The third-order valence-electron chi connectivity index (χ3n) is 5.98. The number of hydrogen-bond acceptors (Lipinski definition) is 5. The lowest BCUT2D eigenvalue weighted by Gasteiger charge is -2.27. The molecular weight excluding hydrogens is 493 g/mol. The van der Waals surface area contributed by atoms with Gasteiger partial charge in [-0.1, -0.05) is 13.8 Å². The smallest absolute Gasteiger partial charge is 0.194 e. The number of hydrogen-bond donors (Lipinski definition) is 1. The predicted octanol–water partition coefficient (Wildman–Crippen LogP) is 2.28. The Morgan fingerprint density at radius 2 is 2.00 bits per heavy atom. The molecule has 9 heteroatoms. The second-order valence-corrected chi connectivity index (χ2v) is 8.83.